The van der Waals surface area contributed by atoms with Gasteiger partial charge < -0.3 is 10.6 Å². The van der Waals surface area contributed by atoms with E-state index in [2.05, 4.69) is 15.9 Å². The van der Waals surface area contributed by atoms with Crippen LogP contribution >= 0.6 is 27.3 Å². The van der Waals surface area contributed by atoms with Crippen molar-refractivity contribution < 1.29 is 9.59 Å². The summed E-state index contributed by atoms with van der Waals surface area (Å²) in [7, 11) is 0. The van der Waals surface area contributed by atoms with Gasteiger partial charge in [0.15, 0.2) is 0 Å². The van der Waals surface area contributed by atoms with Crippen LogP contribution in [0.25, 0.3) is 6.08 Å². The predicted octanol–water partition coefficient (Wildman–Crippen LogP) is 2.64. The molecule has 0 atom stereocenters. The number of carbonyl (C=O) groups excluding carboxylic acids is 2. The standard InChI is InChI=1S/C13H17BrN2O2S/c1-2-3-8-16(9-12(15)17)13(18)7-5-10-4-6-11(14)19-10/h4-7H,2-3,8-9H2,1H3,(H2,15,17). The molecule has 0 aliphatic heterocycles. The summed E-state index contributed by atoms with van der Waals surface area (Å²) in [6.45, 7) is 2.56. The molecule has 0 aromatic carbocycles. The molecule has 1 heterocycles. The van der Waals surface area contributed by atoms with Gasteiger partial charge in [0.05, 0.1) is 10.3 Å². The molecule has 0 bridgehead atoms. The van der Waals surface area contributed by atoms with Crippen molar-refractivity contribution in [2.75, 3.05) is 13.1 Å². The van der Waals surface area contributed by atoms with Crippen molar-refractivity contribution in [3.05, 3.63) is 26.9 Å². The summed E-state index contributed by atoms with van der Waals surface area (Å²) < 4.78 is 1.01. The maximum atomic E-state index is 12.0. The van der Waals surface area contributed by atoms with Gasteiger partial charge in [-0.05, 0) is 40.6 Å². The molecule has 0 radical (unpaired) electrons. The number of rotatable bonds is 7. The lowest BCUT2D eigenvalue weighted by Gasteiger charge is -2.18. The minimum absolute atomic E-state index is 0.0304. The van der Waals surface area contributed by atoms with Crippen LogP contribution in [-0.4, -0.2) is 29.8 Å². The highest BCUT2D eigenvalue weighted by Crippen LogP contribution is 2.23. The molecule has 0 aliphatic rings. The second-order valence-electron chi connectivity index (χ2n) is 4.05. The van der Waals surface area contributed by atoms with Crippen molar-refractivity contribution in [2.24, 2.45) is 5.73 Å². The topological polar surface area (TPSA) is 63.4 Å². The number of hydrogen-bond donors (Lipinski definition) is 1. The molecular formula is C13H17BrN2O2S. The number of unbranched alkanes of at least 4 members (excludes halogenated alkanes) is 1. The molecule has 2 N–H and O–H groups in total. The average Bonchev–Trinajstić information content (AvgIpc) is 2.77. The zero-order valence-corrected chi connectivity index (χ0v) is 13.2. The van der Waals surface area contributed by atoms with Crippen molar-refractivity contribution in [3.8, 4) is 0 Å². The largest absolute Gasteiger partial charge is 0.368 e. The van der Waals surface area contributed by atoms with Gasteiger partial charge in [0.1, 0.15) is 0 Å². The quantitative estimate of drug-likeness (QED) is 0.772. The van der Waals surface area contributed by atoms with Crippen molar-refractivity contribution in [3.63, 3.8) is 0 Å². The van der Waals surface area contributed by atoms with Gasteiger partial charge in [-0.2, -0.15) is 0 Å². The van der Waals surface area contributed by atoms with E-state index in [4.69, 9.17) is 5.73 Å². The summed E-state index contributed by atoms with van der Waals surface area (Å²) in [5.41, 5.74) is 5.15. The summed E-state index contributed by atoms with van der Waals surface area (Å²) in [5.74, 6) is -0.673. The highest BCUT2D eigenvalue weighted by Gasteiger charge is 2.12. The Hall–Kier alpha value is -1.14. The fourth-order valence-electron chi connectivity index (χ4n) is 1.48. The van der Waals surface area contributed by atoms with E-state index < -0.39 is 5.91 Å². The maximum Gasteiger partial charge on any atom is 0.247 e. The Morgan fingerprint density at radius 1 is 1.47 bits per heavy atom. The second kappa shape index (κ2) is 8.12. The summed E-state index contributed by atoms with van der Waals surface area (Å²) in [6, 6.07) is 3.84. The van der Waals surface area contributed by atoms with Crippen molar-refractivity contribution in [2.45, 2.75) is 19.8 Å². The molecule has 0 unspecified atom stereocenters. The number of nitrogens with zero attached hydrogens (tertiary/aromatic N) is 1. The molecule has 0 fully saturated rings. The number of carbonyl (C=O) groups is 2. The van der Waals surface area contributed by atoms with Crippen LogP contribution in [0.4, 0.5) is 0 Å². The van der Waals surface area contributed by atoms with E-state index in [1.807, 2.05) is 19.1 Å². The van der Waals surface area contributed by atoms with Gasteiger partial charge in [0, 0.05) is 17.5 Å². The Labute approximate surface area is 125 Å². The molecule has 4 nitrogen and oxygen atoms in total. The number of primary amides is 1. The van der Waals surface area contributed by atoms with Gasteiger partial charge in [-0.15, -0.1) is 11.3 Å². The summed E-state index contributed by atoms with van der Waals surface area (Å²) in [6.07, 6.45) is 5.05. The van der Waals surface area contributed by atoms with E-state index in [0.29, 0.717) is 6.54 Å². The first-order valence-corrected chi connectivity index (χ1v) is 7.64. The summed E-state index contributed by atoms with van der Waals surface area (Å²) in [5, 5.41) is 0. The molecule has 0 saturated heterocycles. The number of thiophene rings is 1. The van der Waals surface area contributed by atoms with Gasteiger partial charge in [-0.25, -0.2) is 0 Å². The lowest BCUT2D eigenvalue weighted by Crippen LogP contribution is -2.38. The van der Waals surface area contributed by atoms with Crippen molar-refractivity contribution in [1.82, 2.24) is 4.90 Å². The van der Waals surface area contributed by atoms with E-state index in [9.17, 15) is 9.59 Å². The van der Waals surface area contributed by atoms with Gasteiger partial charge >= 0.3 is 0 Å². The zero-order valence-electron chi connectivity index (χ0n) is 10.8. The van der Waals surface area contributed by atoms with E-state index in [-0.39, 0.29) is 12.5 Å². The van der Waals surface area contributed by atoms with Crippen LogP contribution in [0.1, 0.15) is 24.6 Å². The molecular weight excluding hydrogens is 328 g/mol. The molecule has 19 heavy (non-hydrogen) atoms. The van der Waals surface area contributed by atoms with Gasteiger partial charge in [0.25, 0.3) is 0 Å². The van der Waals surface area contributed by atoms with Crippen LogP contribution < -0.4 is 5.73 Å². The predicted molar refractivity (Wildman–Crippen MR) is 81.7 cm³/mol. The van der Waals surface area contributed by atoms with Gasteiger partial charge in [-0.3, -0.25) is 9.59 Å². The SMILES string of the molecule is CCCCN(CC(N)=O)C(=O)C=Cc1ccc(Br)s1. The molecule has 0 saturated carbocycles. The Morgan fingerprint density at radius 2 is 2.21 bits per heavy atom. The van der Waals surface area contributed by atoms with Crippen LogP contribution in [0.3, 0.4) is 0 Å². The number of nitrogens with two attached hydrogens (primary N) is 1. The molecule has 104 valence electrons. The Kier molecular flexibility index (Phi) is 6.80. The lowest BCUT2D eigenvalue weighted by molar-refractivity contribution is -0.131. The van der Waals surface area contributed by atoms with Crippen LogP contribution in [0, 0.1) is 0 Å². The first kappa shape index (κ1) is 15.9. The Balaban J connectivity index is 2.64. The third kappa shape index (κ3) is 6.02. The van der Waals surface area contributed by atoms with Crippen LogP contribution in [0.15, 0.2) is 22.0 Å². The third-order valence-electron chi connectivity index (χ3n) is 2.42. The van der Waals surface area contributed by atoms with Crippen molar-refractivity contribution >= 4 is 45.2 Å². The minimum Gasteiger partial charge on any atom is -0.368 e. The molecule has 2 amide bonds. The van der Waals surface area contributed by atoms with Gasteiger partial charge in [-0.1, -0.05) is 13.3 Å². The average molecular weight is 345 g/mol. The molecule has 0 aliphatic carbocycles. The zero-order chi connectivity index (χ0) is 14.3. The molecule has 1 aromatic heterocycles. The maximum absolute atomic E-state index is 12.0. The Morgan fingerprint density at radius 3 is 2.74 bits per heavy atom. The van der Waals surface area contributed by atoms with Crippen LogP contribution in [-0.2, 0) is 9.59 Å². The summed E-state index contributed by atoms with van der Waals surface area (Å²) in [4.78, 5) is 25.4. The molecule has 1 aromatic rings. The first-order valence-electron chi connectivity index (χ1n) is 6.03. The Bertz CT molecular complexity index is 471. The fraction of sp³-hybridized carbons (Fsp3) is 0.385. The second-order valence-corrected chi connectivity index (χ2v) is 6.55. The number of hydrogen-bond acceptors (Lipinski definition) is 3. The molecule has 0 spiro atoms. The monoisotopic (exact) mass is 344 g/mol. The third-order valence-corrected chi connectivity index (χ3v) is 4.01. The fourth-order valence-corrected chi connectivity index (χ4v) is 2.81. The number of amides is 2. The number of halogens is 1. The minimum atomic E-state index is -0.489. The van der Waals surface area contributed by atoms with E-state index >= 15 is 0 Å². The highest BCUT2D eigenvalue weighted by molar-refractivity contribution is 9.11. The molecule has 6 heteroatoms. The normalized spacial score (nSPS) is 10.8. The highest BCUT2D eigenvalue weighted by atomic mass is 79.9. The van der Waals surface area contributed by atoms with E-state index in [1.54, 1.807) is 17.4 Å². The summed E-state index contributed by atoms with van der Waals surface area (Å²) >= 11 is 4.90. The smallest absolute Gasteiger partial charge is 0.247 e. The first-order chi connectivity index (χ1) is 9.02. The van der Waals surface area contributed by atoms with E-state index in [1.165, 1.54) is 11.0 Å². The van der Waals surface area contributed by atoms with Gasteiger partial charge in [0.2, 0.25) is 11.8 Å². The molecule has 1 rings (SSSR count). The van der Waals surface area contributed by atoms with Crippen molar-refractivity contribution in [1.29, 1.82) is 0 Å². The van der Waals surface area contributed by atoms with Crippen LogP contribution in [0.2, 0.25) is 0 Å². The van der Waals surface area contributed by atoms with E-state index in [0.717, 1.165) is 21.5 Å². The lowest BCUT2D eigenvalue weighted by atomic mass is 10.3. The van der Waals surface area contributed by atoms with Crippen LogP contribution in [0.5, 0.6) is 0 Å².